The molecule has 11 heavy (non-hydrogen) atoms. The van der Waals surface area contributed by atoms with Gasteiger partial charge in [0.25, 0.3) is 0 Å². The SMILES string of the molecule is C=C(N)C(=NCCN)C(=O)O. The first-order chi connectivity index (χ1) is 5.09. The van der Waals surface area contributed by atoms with Gasteiger partial charge >= 0.3 is 5.97 Å². The van der Waals surface area contributed by atoms with E-state index in [4.69, 9.17) is 16.6 Å². The summed E-state index contributed by atoms with van der Waals surface area (Å²) >= 11 is 0. The number of nitrogens with two attached hydrogens (primary N) is 2. The van der Waals surface area contributed by atoms with Crippen molar-refractivity contribution in [3.8, 4) is 0 Å². The molecule has 0 heterocycles. The van der Waals surface area contributed by atoms with Gasteiger partial charge in [-0.3, -0.25) is 4.99 Å². The van der Waals surface area contributed by atoms with E-state index in [0.717, 1.165) is 0 Å². The molecule has 0 spiro atoms. The summed E-state index contributed by atoms with van der Waals surface area (Å²) in [5.41, 5.74) is 9.98. The molecule has 0 atom stereocenters. The fraction of sp³-hybridized carbons (Fsp3) is 0.333. The van der Waals surface area contributed by atoms with Crippen LogP contribution >= 0.6 is 0 Å². The maximum Gasteiger partial charge on any atom is 0.356 e. The summed E-state index contributed by atoms with van der Waals surface area (Å²) in [7, 11) is 0. The minimum atomic E-state index is -1.18. The van der Waals surface area contributed by atoms with Crippen LogP contribution in [0, 0.1) is 0 Å². The first-order valence-corrected chi connectivity index (χ1v) is 3.02. The Hall–Kier alpha value is -1.36. The summed E-state index contributed by atoms with van der Waals surface area (Å²) in [6.07, 6.45) is 0. The zero-order valence-corrected chi connectivity index (χ0v) is 6.08. The maximum absolute atomic E-state index is 10.3. The number of carboxylic acid groups (broad SMARTS) is 1. The summed E-state index contributed by atoms with van der Waals surface area (Å²) < 4.78 is 0. The largest absolute Gasteiger partial charge is 0.476 e. The summed E-state index contributed by atoms with van der Waals surface area (Å²) in [6.45, 7) is 3.80. The van der Waals surface area contributed by atoms with Crippen LogP contribution in [-0.4, -0.2) is 29.9 Å². The van der Waals surface area contributed by atoms with Crippen LogP contribution < -0.4 is 11.5 Å². The number of nitrogens with zero attached hydrogens (tertiary/aromatic N) is 1. The second kappa shape index (κ2) is 4.45. The molecule has 0 aliphatic carbocycles. The maximum atomic E-state index is 10.3. The quantitative estimate of drug-likeness (QED) is 0.453. The molecule has 0 bridgehead atoms. The van der Waals surface area contributed by atoms with Gasteiger partial charge in [-0.25, -0.2) is 4.79 Å². The molecule has 0 rings (SSSR count). The number of rotatable bonds is 4. The number of hydrogen-bond donors (Lipinski definition) is 3. The Morgan fingerprint density at radius 3 is 2.45 bits per heavy atom. The molecule has 5 heteroatoms. The van der Waals surface area contributed by atoms with Crippen molar-refractivity contribution in [2.24, 2.45) is 16.5 Å². The highest BCUT2D eigenvalue weighted by Crippen LogP contribution is 1.87. The Labute approximate surface area is 64.4 Å². The highest BCUT2D eigenvalue weighted by Gasteiger charge is 2.09. The Morgan fingerprint density at radius 1 is 1.64 bits per heavy atom. The minimum Gasteiger partial charge on any atom is -0.476 e. The van der Waals surface area contributed by atoms with E-state index < -0.39 is 5.97 Å². The van der Waals surface area contributed by atoms with E-state index in [9.17, 15) is 4.79 Å². The predicted molar refractivity (Wildman–Crippen MR) is 42.3 cm³/mol. The lowest BCUT2D eigenvalue weighted by atomic mass is 10.3. The van der Waals surface area contributed by atoms with Crippen LogP contribution in [0.1, 0.15) is 0 Å². The summed E-state index contributed by atoms with van der Waals surface area (Å²) in [5, 5.41) is 8.46. The van der Waals surface area contributed by atoms with Gasteiger partial charge in [0.1, 0.15) is 0 Å². The van der Waals surface area contributed by atoms with Gasteiger partial charge in [-0.2, -0.15) is 0 Å². The van der Waals surface area contributed by atoms with Gasteiger partial charge in [0.2, 0.25) is 0 Å². The molecule has 0 aliphatic rings. The van der Waals surface area contributed by atoms with Crippen molar-refractivity contribution in [3.05, 3.63) is 12.3 Å². The number of carboxylic acids is 1. The lowest BCUT2D eigenvalue weighted by molar-refractivity contribution is -0.129. The van der Waals surface area contributed by atoms with Crippen LogP contribution in [0.15, 0.2) is 17.3 Å². The molecule has 0 aliphatic heterocycles. The molecule has 5 N–H and O–H groups in total. The Bertz CT molecular complexity index is 182. The minimum absolute atomic E-state index is 0.0500. The van der Waals surface area contributed by atoms with Crippen molar-refractivity contribution in [3.63, 3.8) is 0 Å². The average molecular weight is 157 g/mol. The van der Waals surface area contributed by atoms with Crippen molar-refractivity contribution in [2.75, 3.05) is 13.1 Å². The third-order valence-electron chi connectivity index (χ3n) is 0.906. The van der Waals surface area contributed by atoms with Crippen molar-refractivity contribution >= 4 is 11.7 Å². The van der Waals surface area contributed by atoms with Gasteiger partial charge in [0.15, 0.2) is 5.71 Å². The topological polar surface area (TPSA) is 102 Å². The standard InChI is InChI=1S/C6H11N3O2/c1-4(8)5(6(10)11)9-3-2-7/h1-3,7-8H2,(H,10,11). The van der Waals surface area contributed by atoms with Gasteiger partial charge in [-0.15, -0.1) is 0 Å². The van der Waals surface area contributed by atoms with E-state index in [1.165, 1.54) is 0 Å². The summed E-state index contributed by atoms with van der Waals surface area (Å²) in [6, 6.07) is 0. The van der Waals surface area contributed by atoms with Gasteiger partial charge in [-0.05, 0) is 0 Å². The van der Waals surface area contributed by atoms with Crippen molar-refractivity contribution in [2.45, 2.75) is 0 Å². The molecule has 0 aromatic carbocycles. The predicted octanol–water partition coefficient (Wildman–Crippen LogP) is -1.06. The zero-order valence-electron chi connectivity index (χ0n) is 6.08. The third-order valence-corrected chi connectivity index (χ3v) is 0.906. The summed E-state index contributed by atoms with van der Waals surface area (Å²) in [5.74, 6) is -1.18. The highest BCUT2D eigenvalue weighted by molar-refractivity contribution is 6.42. The van der Waals surface area contributed by atoms with Crippen LogP contribution in [0.25, 0.3) is 0 Å². The highest BCUT2D eigenvalue weighted by atomic mass is 16.4. The molecule has 0 aromatic heterocycles. The molecule has 5 nitrogen and oxygen atoms in total. The van der Waals surface area contributed by atoms with Gasteiger partial charge in [-0.1, -0.05) is 6.58 Å². The van der Waals surface area contributed by atoms with Crippen LogP contribution in [0.3, 0.4) is 0 Å². The fourth-order valence-corrected chi connectivity index (χ4v) is 0.483. The van der Waals surface area contributed by atoms with E-state index in [0.29, 0.717) is 6.54 Å². The van der Waals surface area contributed by atoms with Crippen LogP contribution in [-0.2, 0) is 4.79 Å². The normalized spacial score (nSPS) is 11.2. The van der Waals surface area contributed by atoms with Crippen molar-refractivity contribution < 1.29 is 9.90 Å². The second-order valence-electron chi connectivity index (χ2n) is 1.85. The molecule has 0 fully saturated rings. The van der Waals surface area contributed by atoms with Crippen molar-refractivity contribution in [1.29, 1.82) is 0 Å². The Morgan fingerprint density at radius 2 is 2.18 bits per heavy atom. The second-order valence-corrected chi connectivity index (χ2v) is 1.85. The zero-order chi connectivity index (χ0) is 8.85. The van der Waals surface area contributed by atoms with E-state index >= 15 is 0 Å². The van der Waals surface area contributed by atoms with E-state index in [1.807, 2.05) is 0 Å². The van der Waals surface area contributed by atoms with E-state index in [2.05, 4.69) is 11.6 Å². The smallest absolute Gasteiger partial charge is 0.356 e. The Kier molecular flexibility index (Phi) is 3.90. The first-order valence-electron chi connectivity index (χ1n) is 3.02. The molecule has 0 saturated heterocycles. The molecule has 0 saturated carbocycles. The Balaban J connectivity index is 4.33. The monoisotopic (exact) mass is 157 g/mol. The lowest BCUT2D eigenvalue weighted by Crippen LogP contribution is -2.21. The molecule has 0 radical (unpaired) electrons. The first kappa shape index (κ1) is 9.64. The average Bonchev–Trinajstić information content (AvgIpc) is 1.87. The van der Waals surface area contributed by atoms with Gasteiger partial charge in [0, 0.05) is 6.54 Å². The molecular weight excluding hydrogens is 146 g/mol. The van der Waals surface area contributed by atoms with Crippen LogP contribution in [0.2, 0.25) is 0 Å². The number of carbonyl (C=O) groups is 1. The third kappa shape index (κ3) is 3.36. The molecule has 0 unspecified atom stereocenters. The number of aliphatic imine (C=N–C) groups is 1. The van der Waals surface area contributed by atoms with E-state index in [-0.39, 0.29) is 18.0 Å². The number of aliphatic carboxylic acids is 1. The van der Waals surface area contributed by atoms with E-state index in [1.54, 1.807) is 0 Å². The van der Waals surface area contributed by atoms with Crippen LogP contribution in [0.4, 0.5) is 0 Å². The van der Waals surface area contributed by atoms with Gasteiger partial charge in [0.05, 0.1) is 12.2 Å². The van der Waals surface area contributed by atoms with Gasteiger partial charge < -0.3 is 16.6 Å². The van der Waals surface area contributed by atoms with Crippen molar-refractivity contribution in [1.82, 2.24) is 0 Å². The summed E-state index contributed by atoms with van der Waals surface area (Å²) in [4.78, 5) is 13.9. The molecule has 62 valence electrons. The fourth-order valence-electron chi connectivity index (χ4n) is 0.483. The number of hydrogen-bond acceptors (Lipinski definition) is 4. The molecule has 0 aromatic rings. The van der Waals surface area contributed by atoms with Crippen LogP contribution in [0.5, 0.6) is 0 Å². The molecular formula is C6H11N3O2. The lowest BCUT2D eigenvalue weighted by Gasteiger charge is -1.97. The molecule has 0 amide bonds.